The van der Waals surface area contributed by atoms with E-state index in [0.29, 0.717) is 0 Å². The zero-order chi connectivity index (χ0) is 9.52. The fraction of sp³-hybridized carbons (Fsp3) is 0.167. The van der Waals surface area contributed by atoms with Gasteiger partial charge < -0.3 is 0 Å². The Morgan fingerprint density at radius 1 is 1.08 bits per heavy atom. The summed E-state index contributed by atoms with van der Waals surface area (Å²) < 4.78 is 0. The van der Waals surface area contributed by atoms with Crippen LogP contribution in [0.5, 0.6) is 0 Å². The molecular weight excluding hydrogens is 158 g/mol. The summed E-state index contributed by atoms with van der Waals surface area (Å²) in [5.41, 5.74) is 5.27. The summed E-state index contributed by atoms with van der Waals surface area (Å²) in [4.78, 5) is 4.02. The molecule has 0 spiro atoms. The Kier molecular flexibility index (Phi) is 3.74. The predicted molar refractivity (Wildman–Crippen MR) is 57.9 cm³/mol. The molecule has 0 unspecified atom stereocenters. The first-order valence-corrected chi connectivity index (χ1v) is 4.50. The molecule has 0 aromatic heterocycles. The average molecular weight is 171 g/mol. The van der Waals surface area contributed by atoms with E-state index in [1.807, 2.05) is 50.4 Å². The van der Waals surface area contributed by atoms with Crippen LogP contribution < -0.4 is 0 Å². The summed E-state index contributed by atoms with van der Waals surface area (Å²) in [6, 6.07) is 8.10. The van der Waals surface area contributed by atoms with Gasteiger partial charge in [0, 0.05) is 11.8 Å². The van der Waals surface area contributed by atoms with Gasteiger partial charge in [-0.15, -0.1) is 5.73 Å². The van der Waals surface area contributed by atoms with Crippen molar-refractivity contribution in [1.82, 2.24) is 0 Å². The molecule has 0 N–H and O–H groups in total. The van der Waals surface area contributed by atoms with Gasteiger partial charge in [0.25, 0.3) is 0 Å². The lowest BCUT2D eigenvalue weighted by molar-refractivity contribution is 1.50. The minimum Gasteiger partial charge on any atom is -0.256 e. The molecule has 1 heteroatoms. The third-order valence-electron chi connectivity index (χ3n) is 1.60. The van der Waals surface area contributed by atoms with E-state index in [1.54, 1.807) is 6.20 Å². The van der Waals surface area contributed by atoms with Crippen molar-refractivity contribution >= 4 is 12.3 Å². The second-order valence-electron chi connectivity index (χ2n) is 2.35. The van der Waals surface area contributed by atoms with Crippen LogP contribution in [-0.2, 0) is 0 Å². The molecule has 0 aliphatic carbocycles. The lowest BCUT2D eigenvalue weighted by atomic mass is 10.1. The van der Waals surface area contributed by atoms with E-state index in [-0.39, 0.29) is 0 Å². The molecule has 66 valence electrons. The Labute approximate surface area is 79.1 Å². The maximum atomic E-state index is 4.02. The summed E-state index contributed by atoms with van der Waals surface area (Å²) in [7, 11) is 0. The van der Waals surface area contributed by atoms with Gasteiger partial charge in [-0.05, 0) is 11.6 Å². The Morgan fingerprint density at radius 3 is 2.54 bits per heavy atom. The van der Waals surface area contributed by atoms with Crippen molar-refractivity contribution in [2.45, 2.75) is 13.8 Å². The highest BCUT2D eigenvalue weighted by molar-refractivity contribution is 5.86. The number of hydrogen-bond acceptors (Lipinski definition) is 1. The number of nitrogens with zero attached hydrogens (tertiary/aromatic N) is 1. The summed E-state index contributed by atoms with van der Waals surface area (Å²) >= 11 is 0. The minimum atomic E-state index is 1.15. The van der Waals surface area contributed by atoms with Crippen molar-refractivity contribution in [2.75, 3.05) is 0 Å². The zero-order valence-electron chi connectivity index (χ0n) is 7.99. The van der Waals surface area contributed by atoms with E-state index < -0.39 is 0 Å². The monoisotopic (exact) mass is 171 g/mol. The molecule has 1 nitrogen and oxygen atoms in total. The number of fused-ring (bicyclic) bond motifs is 1. The van der Waals surface area contributed by atoms with Gasteiger partial charge in [0.05, 0.1) is 6.20 Å². The fourth-order valence-corrected chi connectivity index (χ4v) is 1.05. The van der Waals surface area contributed by atoms with E-state index in [2.05, 4.69) is 10.7 Å². The molecule has 1 heterocycles. The van der Waals surface area contributed by atoms with Crippen LogP contribution in [0, 0.1) is 0 Å². The molecule has 0 saturated carbocycles. The van der Waals surface area contributed by atoms with Crippen LogP contribution in [-0.4, -0.2) is 6.21 Å². The largest absolute Gasteiger partial charge is 0.256 e. The first kappa shape index (κ1) is 9.50. The van der Waals surface area contributed by atoms with Gasteiger partial charge in [0.15, 0.2) is 0 Å². The van der Waals surface area contributed by atoms with E-state index in [4.69, 9.17) is 0 Å². The normalized spacial score (nSPS) is 11.2. The quantitative estimate of drug-likeness (QED) is 0.531. The highest BCUT2D eigenvalue weighted by Crippen LogP contribution is 2.09. The third-order valence-corrected chi connectivity index (χ3v) is 1.60. The molecule has 0 amide bonds. The molecule has 0 bridgehead atoms. The maximum absolute atomic E-state index is 4.02. The SMILES string of the molecule is C1=CN=Cc2ccccc2C=1.CC. The molecule has 2 rings (SSSR count). The second-order valence-corrected chi connectivity index (χ2v) is 2.35. The van der Waals surface area contributed by atoms with Crippen molar-refractivity contribution in [2.24, 2.45) is 4.99 Å². The van der Waals surface area contributed by atoms with Crippen molar-refractivity contribution in [3.63, 3.8) is 0 Å². The Hall–Kier alpha value is -1.59. The van der Waals surface area contributed by atoms with E-state index >= 15 is 0 Å². The van der Waals surface area contributed by atoms with Crippen LogP contribution >= 0.6 is 0 Å². The van der Waals surface area contributed by atoms with Crippen LogP contribution in [0.3, 0.4) is 0 Å². The molecule has 0 saturated heterocycles. The van der Waals surface area contributed by atoms with Crippen LogP contribution in [0.2, 0.25) is 0 Å². The molecule has 0 radical (unpaired) electrons. The van der Waals surface area contributed by atoms with Crippen molar-refractivity contribution in [3.05, 3.63) is 47.3 Å². The van der Waals surface area contributed by atoms with E-state index in [1.165, 1.54) is 5.56 Å². The summed E-state index contributed by atoms with van der Waals surface area (Å²) in [5.74, 6) is 0. The smallest absolute Gasteiger partial charge is 0.0686 e. The Balaban J connectivity index is 0.000000396. The highest BCUT2D eigenvalue weighted by atomic mass is 14.7. The van der Waals surface area contributed by atoms with Gasteiger partial charge >= 0.3 is 0 Å². The molecule has 0 fully saturated rings. The predicted octanol–water partition coefficient (Wildman–Crippen LogP) is 3.27. The van der Waals surface area contributed by atoms with Crippen LogP contribution in [0.25, 0.3) is 6.08 Å². The standard InChI is InChI=1S/C10H7N.C2H6/c1-2-5-10-8-11-7-3-6-9(10)4-1;1-2/h1-2,4-8H;1-2H3. The highest BCUT2D eigenvalue weighted by Gasteiger charge is 1.94. The molecule has 13 heavy (non-hydrogen) atoms. The van der Waals surface area contributed by atoms with Gasteiger partial charge in [-0.25, -0.2) is 0 Å². The number of rotatable bonds is 0. The molecule has 1 aromatic carbocycles. The molecule has 0 atom stereocenters. The molecule has 1 aliphatic heterocycles. The molecular formula is C12H13N. The second kappa shape index (κ2) is 5.13. The Bertz CT molecular complexity index is 355. The first-order chi connectivity index (χ1) is 6.47. The summed E-state index contributed by atoms with van der Waals surface area (Å²) in [5, 5.41) is 0. The van der Waals surface area contributed by atoms with Gasteiger partial charge in [-0.3, -0.25) is 4.99 Å². The summed E-state index contributed by atoms with van der Waals surface area (Å²) in [6.45, 7) is 4.00. The van der Waals surface area contributed by atoms with Crippen molar-refractivity contribution in [1.29, 1.82) is 0 Å². The van der Waals surface area contributed by atoms with E-state index in [0.717, 1.165) is 5.56 Å². The fourth-order valence-electron chi connectivity index (χ4n) is 1.05. The topological polar surface area (TPSA) is 12.4 Å². The lowest BCUT2D eigenvalue weighted by Gasteiger charge is -1.95. The number of aliphatic imine (C=N–C) groups is 1. The van der Waals surface area contributed by atoms with E-state index in [9.17, 15) is 0 Å². The van der Waals surface area contributed by atoms with Gasteiger partial charge in [0.1, 0.15) is 0 Å². The molecule has 1 aliphatic rings. The molecule has 1 aromatic rings. The summed E-state index contributed by atoms with van der Waals surface area (Å²) in [6.07, 6.45) is 5.44. The van der Waals surface area contributed by atoms with Gasteiger partial charge in [0.2, 0.25) is 0 Å². The van der Waals surface area contributed by atoms with Crippen LogP contribution in [0.4, 0.5) is 0 Å². The number of hydrogen-bond donors (Lipinski definition) is 0. The van der Waals surface area contributed by atoms with Gasteiger partial charge in [-0.1, -0.05) is 38.1 Å². The zero-order valence-corrected chi connectivity index (χ0v) is 7.99. The maximum Gasteiger partial charge on any atom is 0.0686 e. The van der Waals surface area contributed by atoms with Crippen molar-refractivity contribution < 1.29 is 0 Å². The first-order valence-electron chi connectivity index (χ1n) is 4.50. The van der Waals surface area contributed by atoms with Gasteiger partial charge in [-0.2, -0.15) is 0 Å². The van der Waals surface area contributed by atoms with Crippen LogP contribution in [0.15, 0.2) is 41.2 Å². The van der Waals surface area contributed by atoms with Crippen molar-refractivity contribution in [3.8, 4) is 0 Å². The minimum absolute atomic E-state index is 1.15. The Morgan fingerprint density at radius 2 is 1.77 bits per heavy atom. The number of benzene rings is 1. The average Bonchev–Trinajstić information content (AvgIpc) is 2.45. The lowest BCUT2D eigenvalue weighted by Crippen LogP contribution is -1.83. The van der Waals surface area contributed by atoms with Crippen LogP contribution in [0.1, 0.15) is 25.0 Å². The third kappa shape index (κ3) is 2.43.